The molecule has 0 radical (unpaired) electrons. The van der Waals surface area contributed by atoms with E-state index in [9.17, 15) is 4.79 Å². The monoisotopic (exact) mass is 530 g/mol. The highest BCUT2D eigenvalue weighted by Gasteiger charge is 2.21. The number of benzene rings is 1. The molecule has 1 aromatic rings. The van der Waals surface area contributed by atoms with E-state index in [1.165, 1.54) is 0 Å². The summed E-state index contributed by atoms with van der Waals surface area (Å²) in [6.07, 6.45) is 0. The van der Waals surface area contributed by atoms with Gasteiger partial charge in [0, 0.05) is 3.57 Å². The number of carboxylic acid groups (broad SMARTS) is 1. The van der Waals surface area contributed by atoms with Gasteiger partial charge in [0.25, 0.3) is 0 Å². The number of nitrogens with two attached hydrogens (primary N) is 2. The number of aromatic carboxylic acids is 1. The summed E-state index contributed by atoms with van der Waals surface area (Å²) >= 11 is 5.84. The summed E-state index contributed by atoms with van der Waals surface area (Å²) in [7, 11) is 0. The highest BCUT2D eigenvalue weighted by Crippen LogP contribution is 2.35. The first-order chi connectivity index (χ1) is 6.37. The van der Waals surface area contributed by atoms with Gasteiger partial charge in [-0.15, -0.1) is 0 Å². The van der Waals surface area contributed by atoms with Gasteiger partial charge in [0.1, 0.15) is 0 Å². The summed E-state index contributed by atoms with van der Waals surface area (Å²) in [5.74, 6) is -0.983. The molecule has 0 saturated carbocycles. The fourth-order valence-corrected chi connectivity index (χ4v) is 3.54. The van der Waals surface area contributed by atoms with Crippen molar-refractivity contribution in [2.45, 2.75) is 0 Å². The zero-order chi connectivity index (χ0) is 11.0. The number of carboxylic acids is 1. The number of nitrogen functional groups attached to an aromatic ring is 2. The third-order valence-electron chi connectivity index (χ3n) is 1.61. The molecule has 1 rings (SSSR count). The predicted molar refractivity (Wildman–Crippen MR) is 80.4 cm³/mol. The van der Waals surface area contributed by atoms with Gasteiger partial charge in [0.15, 0.2) is 0 Å². The molecular weight excluding hydrogens is 525 g/mol. The van der Waals surface area contributed by atoms with Crippen molar-refractivity contribution in [1.82, 2.24) is 0 Å². The molecular formula is C7H5I3N2O2. The van der Waals surface area contributed by atoms with Crippen LogP contribution in [0.2, 0.25) is 0 Å². The number of hydrogen-bond donors (Lipinski definition) is 3. The molecule has 5 N–H and O–H groups in total. The first-order valence-corrected chi connectivity index (χ1v) is 6.56. The second-order valence-corrected chi connectivity index (χ2v) is 5.69. The van der Waals surface area contributed by atoms with Crippen molar-refractivity contribution in [2.24, 2.45) is 0 Å². The number of halogens is 3. The SMILES string of the molecule is Nc1c(N)c(I)c(C(=O)O)c(I)c1I. The van der Waals surface area contributed by atoms with E-state index in [-0.39, 0.29) is 5.56 Å². The first-order valence-electron chi connectivity index (χ1n) is 3.32. The van der Waals surface area contributed by atoms with Gasteiger partial charge in [-0.2, -0.15) is 0 Å². The van der Waals surface area contributed by atoms with Gasteiger partial charge in [0.05, 0.1) is 24.1 Å². The van der Waals surface area contributed by atoms with Crippen molar-refractivity contribution >= 4 is 85.1 Å². The topological polar surface area (TPSA) is 89.3 Å². The minimum Gasteiger partial charge on any atom is -0.478 e. The summed E-state index contributed by atoms with van der Waals surface area (Å²) in [4.78, 5) is 10.9. The number of rotatable bonds is 1. The van der Waals surface area contributed by atoms with Crippen molar-refractivity contribution in [3.63, 3.8) is 0 Å². The molecule has 0 aliphatic carbocycles. The van der Waals surface area contributed by atoms with E-state index in [2.05, 4.69) is 0 Å². The molecule has 7 heteroatoms. The van der Waals surface area contributed by atoms with E-state index in [1.807, 2.05) is 67.8 Å². The summed E-state index contributed by atoms with van der Waals surface area (Å²) in [6.45, 7) is 0. The van der Waals surface area contributed by atoms with Gasteiger partial charge in [-0.25, -0.2) is 4.79 Å². The minimum atomic E-state index is -0.983. The van der Waals surface area contributed by atoms with Gasteiger partial charge in [-0.3, -0.25) is 0 Å². The molecule has 0 atom stereocenters. The van der Waals surface area contributed by atoms with Crippen molar-refractivity contribution in [3.05, 3.63) is 16.3 Å². The fourth-order valence-electron chi connectivity index (χ4n) is 0.883. The number of anilines is 2. The first kappa shape index (κ1) is 12.5. The Morgan fingerprint density at radius 3 is 1.86 bits per heavy atom. The van der Waals surface area contributed by atoms with Gasteiger partial charge in [0.2, 0.25) is 0 Å². The normalized spacial score (nSPS) is 10.2. The van der Waals surface area contributed by atoms with Crippen LogP contribution in [0.4, 0.5) is 11.4 Å². The lowest BCUT2D eigenvalue weighted by Crippen LogP contribution is -2.11. The zero-order valence-electron chi connectivity index (χ0n) is 6.64. The molecule has 0 bridgehead atoms. The van der Waals surface area contributed by atoms with Crippen LogP contribution in [0, 0.1) is 10.7 Å². The maximum atomic E-state index is 10.9. The lowest BCUT2D eigenvalue weighted by atomic mass is 10.2. The molecule has 0 unspecified atom stereocenters. The summed E-state index contributed by atoms with van der Waals surface area (Å²) in [6, 6.07) is 0. The van der Waals surface area contributed by atoms with Crippen LogP contribution >= 0.6 is 67.8 Å². The van der Waals surface area contributed by atoms with Crippen molar-refractivity contribution in [1.29, 1.82) is 0 Å². The van der Waals surface area contributed by atoms with E-state index in [4.69, 9.17) is 16.6 Å². The van der Waals surface area contributed by atoms with Crippen LogP contribution < -0.4 is 11.5 Å². The van der Waals surface area contributed by atoms with Crippen LogP contribution in [-0.4, -0.2) is 11.1 Å². The molecule has 76 valence electrons. The Morgan fingerprint density at radius 2 is 1.43 bits per heavy atom. The van der Waals surface area contributed by atoms with E-state index < -0.39 is 5.97 Å². The van der Waals surface area contributed by atoms with E-state index >= 15 is 0 Å². The maximum Gasteiger partial charge on any atom is 0.337 e. The molecule has 0 saturated heterocycles. The lowest BCUT2D eigenvalue weighted by molar-refractivity contribution is 0.0694. The Labute approximate surface area is 121 Å². The molecule has 0 spiro atoms. The van der Waals surface area contributed by atoms with Crippen LogP contribution in [0.1, 0.15) is 10.4 Å². The minimum absolute atomic E-state index is 0.224. The van der Waals surface area contributed by atoms with Gasteiger partial charge in [-0.1, -0.05) is 0 Å². The van der Waals surface area contributed by atoms with E-state index in [0.717, 1.165) is 0 Å². The molecule has 0 aliphatic heterocycles. The Kier molecular flexibility index (Phi) is 4.08. The molecule has 0 heterocycles. The van der Waals surface area contributed by atoms with E-state index in [1.54, 1.807) is 0 Å². The lowest BCUT2D eigenvalue weighted by Gasteiger charge is -2.11. The van der Waals surface area contributed by atoms with Crippen LogP contribution in [0.15, 0.2) is 0 Å². The molecule has 0 aromatic heterocycles. The molecule has 0 amide bonds. The van der Waals surface area contributed by atoms with Crippen molar-refractivity contribution < 1.29 is 9.90 Å². The third-order valence-corrected chi connectivity index (χ3v) is 5.96. The molecule has 4 nitrogen and oxygen atoms in total. The smallest absolute Gasteiger partial charge is 0.337 e. The van der Waals surface area contributed by atoms with Gasteiger partial charge >= 0.3 is 5.97 Å². The van der Waals surface area contributed by atoms with Crippen molar-refractivity contribution in [3.8, 4) is 0 Å². The number of carbonyl (C=O) groups is 1. The molecule has 0 aliphatic rings. The van der Waals surface area contributed by atoms with Crippen LogP contribution in [0.3, 0.4) is 0 Å². The van der Waals surface area contributed by atoms with Crippen molar-refractivity contribution in [2.75, 3.05) is 11.5 Å². The predicted octanol–water partition coefficient (Wildman–Crippen LogP) is 2.36. The fraction of sp³-hybridized carbons (Fsp3) is 0. The Hall–Kier alpha value is 0.480. The zero-order valence-corrected chi connectivity index (χ0v) is 13.1. The van der Waals surface area contributed by atoms with Crippen LogP contribution in [0.5, 0.6) is 0 Å². The standard InChI is InChI=1S/C7H5I3N2O2/c8-2-1(7(13)14)3(9)5(11)6(12)4(2)10/h11-12H2,(H,13,14). The Balaban J connectivity index is 3.68. The van der Waals surface area contributed by atoms with Gasteiger partial charge in [-0.05, 0) is 67.8 Å². The summed E-state index contributed by atoms with van der Waals surface area (Å²) in [5, 5.41) is 8.98. The average molecular weight is 530 g/mol. The largest absolute Gasteiger partial charge is 0.478 e. The second-order valence-electron chi connectivity index (χ2n) is 2.45. The van der Waals surface area contributed by atoms with Crippen LogP contribution in [-0.2, 0) is 0 Å². The van der Waals surface area contributed by atoms with Crippen LogP contribution in [0.25, 0.3) is 0 Å². The molecule has 0 fully saturated rings. The number of hydrogen-bond acceptors (Lipinski definition) is 3. The van der Waals surface area contributed by atoms with Gasteiger partial charge < -0.3 is 16.6 Å². The maximum absolute atomic E-state index is 10.9. The summed E-state index contributed by atoms with van der Waals surface area (Å²) < 4.78 is 1.82. The van der Waals surface area contributed by atoms with E-state index in [0.29, 0.717) is 22.1 Å². The Morgan fingerprint density at radius 1 is 1.00 bits per heavy atom. The average Bonchev–Trinajstić information content (AvgIpc) is 2.11. The summed E-state index contributed by atoms with van der Waals surface area (Å²) in [5.41, 5.74) is 12.4. The molecule has 1 aromatic carbocycles. The second kappa shape index (κ2) is 4.55. The third kappa shape index (κ3) is 2.03. The highest BCUT2D eigenvalue weighted by atomic mass is 127. The Bertz CT molecular complexity index is 391. The molecule has 14 heavy (non-hydrogen) atoms. The highest BCUT2D eigenvalue weighted by molar-refractivity contribution is 14.1. The quantitative estimate of drug-likeness (QED) is 0.296.